The number of anilines is 3. The van der Waals surface area contributed by atoms with Crippen molar-refractivity contribution < 1.29 is 8.42 Å². The number of primary sulfonamides is 1. The molecular formula is C23H39N5O2S. The Morgan fingerprint density at radius 3 is 2.16 bits per heavy atom. The SMILES string of the molecule is CC(C)N.CCCCNc1cc(CNC(C)C)cc(S(N)(=O)=O)c1Nc1ccccc1. The lowest BCUT2D eigenvalue weighted by molar-refractivity contribution is 0.587. The number of hydrogen-bond acceptors (Lipinski definition) is 6. The fraction of sp³-hybridized carbons (Fsp3) is 0.478. The van der Waals surface area contributed by atoms with Gasteiger partial charge in [0.25, 0.3) is 0 Å². The monoisotopic (exact) mass is 449 g/mol. The highest BCUT2D eigenvalue weighted by molar-refractivity contribution is 7.89. The van der Waals surface area contributed by atoms with Gasteiger partial charge in [-0.15, -0.1) is 0 Å². The van der Waals surface area contributed by atoms with E-state index in [9.17, 15) is 8.42 Å². The molecule has 174 valence electrons. The molecule has 31 heavy (non-hydrogen) atoms. The van der Waals surface area contributed by atoms with Crippen molar-refractivity contribution in [2.45, 2.75) is 71.0 Å². The number of unbranched alkanes of at least 4 members (excludes halogenated alkanes) is 1. The highest BCUT2D eigenvalue weighted by atomic mass is 32.2. The van der Waals surface area contributed by atoms with Gasteiger partial charge in [-0.3, -0.25) is 0 Å². The predicted octanol–water partition coefficient (Wildman–Crippen LogP) is 4.14. The summed E-state index contributed by atoms with van der Waals surface area (Å²) in [6.07, 6.45) is 2.04. The molecule has 0 fully saturated rings. The zero-order valence-electron chi connectivity index (χ0n) is 19.4. The first-order valence-electron chi connectivity index (χ1n) is 10.8. The van der Waals surface area contributed by atoms with Crippen molar-refractivity contribution in [3.05, 3.63) is 48.0 Å². The Morgan fingerprint density at radius 2 is 1.65 bits per heavy atom. The maximum Gasteiger partial charge on any atom is 0.240 e. The second-order valence-electron chi connectivity index (χ2n) is 8.11. The molecule has 0 radical (unpaired) electrons. The van der Waals surface area contributed by atoms with Gasteiger partial charge in [0.05, 0.1) is 11.4 Å². The molecule has 0 heterocycles. The summed E-state index contributed by atoms with van der Waals surface area (Å²) in [6.45, 7) is 11.4. The zero-order valence-corrected chi connectivity index (χ0v) is 20.2. The minimum atomic E-state index is -3.90. The molecule has 2 rings (SSSR count). The van der Waals surface area contributed by atoms with Crippen LogP contribution >= 0.6 is 0 Å². The van der Waals surface area contributed by atoms with Crippen LogP contribution in [0.25, 0.3) is 0 Å². The Labute approximate surface area is 188 Å². The maximum absolute atomic E-state index is 12.3. The molecule has 0 aromatic heterocycles. The summed E-state index contributed by atoms with van der Waals surface area (Å²) < 4.78 is 24.6. The van der Waals surface area contributed by atoms with Crippen LogP contribution in [0.1, 0.15) is 53.0 Å². The van der Waals surface area contributed by atoms with E-state index in [-0.39, 0.29) is 4.90 Å². The molecule has 0 saturated carbocycles. The Kier molecular flexibility index (Phi) is 11.6. The van der Waals surface area contributed by atoms with E-state index >= 15 is 0 Å². The molecule has 0 saturated heterocycles. The van der Waals surface area contributed by atoms with Gasteiger partial charge in [-0.2, -0.15) is 0 Å². The lowest BCUT2D eigenvalue weighted by Crippen LogP contribution is -2.23. The van der Waals surface area contributed by atoms with Gasteiger partial charge in [-0.1, -0.05) is 59.2 Å². The van der Waals surface area contributed by atoms with Crippen molar-refractivity contribution >= 4 is 27.1 Å². The normalized spacial score (nSPS) is 11.3. The van der Waals surface area contributed by atoms with Crippen molar-refractivity contribution in [2.24, 2.45) is 10.9 Å². The predicted molar refractivity (Wildman–Crippen MR) is 132 cm³/mol. The van der Waals surface area contributed by atoms with E-state index in [1.54, 1.807) is 6.07 Å². The standard InChI is InChI=1S/C20H30N4O2S.C3H9N/c1-4-5-11-22-18-12-16(14-23-15(2)3)13-19(27(21,25)26)20(18)24-17-9-7-6-8-10-17;1-3(2)4/h6-10,12-13,15,22-24H,4-5,11,14H2,1-3H3,(H2,21,25,26);3H,4H2,1-2H3. The topological polar surface area (TPSA) is 122 Å². The van der Waals surface area contributed by atoms with Crippen molar-refractivity contribution in [2.75, 3.05) is 17.2 Å². The molecule has 0 bridgehead atoms. The van der Waals surface area contributed by atoms with Crippen LogP contribution in [0.2, 0.25) is 0 Å². The number of nitrogens with one attached hydrogen (secondary N) is 3. The second kappa shape index (κ2) is 13.3. The molecule has 0 aliphatic carbocycles. The summed E-state index contributed by atoms with van der Waals surface area (Å²) in [5.74, 6) is 0. The maximum atomic E-state index is 12.3. The third-order valence-electron chi connectivity index (χ3n) is 4.07. The van der Waals surface area contributed by atoms with Gasteiger partial charge in [-0.05, 0) is 42.3 Å². The Bertz CT molecular complexity index is 882. The molecule has 0 atom stereocenters. The van der Waals surface area contributed by atoms with E-state index in [0.29, 0.717) is 24.3 Å². The van der Waals surface area contributed by atoms with E-state index < -0.39 is 10.0 Å². The number of hydrogen-bond donors (Lipinski definition) is 5. The number of benzene rings is 2. The summed E-state index contributed by atoms with van der Waals surface area (Å²) in [5, 5.41) is 15.5. The lowest BCUT2D eigenvalue weighted by Gasteiger charge is -2.19. The molecule has 0 spiro atoms. The number of rotatable bonds is 10. The largest absolute Gasteiger partial charge is 0.383 e. The first kappa shape index (κ1) is 26.9. The van der Waals surface area contributed by atoms with Gasteiger partial charge in [-0.25, -0.2) is 13.6 Å². The van der Waals surface area contributed by atoms with Crippen LogP contribution in [0.15, 0.2) is 47.4 Å². The number of sulfonamides is 1. The van der Waals surface area contributed by atoms with E-state index in [1.165, 1.54) is 0 Å². The van der Waals surface area contributed by atoms with E-state index in [4.69, 9.17) is 10.9 Å². The van der Waals surface area contributed by atoms with Crippen LogP contribution in [0.5, 0.6) is 0 Å². The van der Waals surface area contributed by atoms with Crippen molar-refractivity contribution in [3.63, 3.8) is 0 Å². The summed E-state index contributed by atoms with van der Waals surface area (Å²) >= 11 is 0. The average Bonchev–Trinajstić information content (AvgIpc) is 2.67. The van der Waals surface area contributed by atoms with Crippen LogP contribution in [0.4, 0.5) is 17.1 Å². The zero-order chi connectivity index (χ0) is 23.4. The van der Waals surface area contributed by atoms with Gasteiger partial charge >= 0.3 is 0 Å². The van der Waals surface area contributed by atoms with Gasteiger partial charge in [0.1, 0.15) is 4.90 Å². The molecule has 0 unspecified atom stereocenters. The minimum Gasteiger partial charge on any atom is -0.383 e. The van der Waals surface area contributed by atoms with E-state index in [1.807, 2.05) is 64.1 Å². The van der Waals surface area contributed by atoms with Crippen LogP contribution in [-0.4, -0.2) is 27.0 Å². The van der Waals surface area contributed by atoms with Crippen molar-refractivity contribution in [1.82, 2.24) is 5.32 Å². The molecule has 0 aliphatic heterocycles. The second-order valence-corrected chi connectivity index (χ2v) is 9.64. The fourth-order valence-corrected chi connectivity index (χ4v) is 3.42. The summed E-state index contributed by atoms with van der Waals surface area (Å²) in [7, 11) is -3.90. The van der Waals surface area contributed by atoms with Gasteiger partial charge in [0.15, 0.2) is 0 Å². The molecule has 0 amide bonds. The highest BCUT2D eigenvalue weighted by Gasteiger charge is 2.20. The third-order valence-corrected chi connectivity index (χ3v) is 5.01. The average molecular weight is 450 g/mol. The van der Waals surface area contributed by atoms with Crippen LogP contribution in [-0.2, 0) is 16.6 Å². The summed E-state index contributed by atoms with van der Waals surface area (Å²) in [6, 6.07) is 13.7. The number of nitrogens with two attached hydrogens (primary N) is 2. The van der Waals surface area contributed by atoms with Crippen molar-refractivity contribution in [1.29, 1.82) is 0 Å². The summed E-state index contributed by atoms with van der Waals surface area (Å²) in [4.78, 5) is 0.0911. The molecule has 2 aromatic carbocycles. The Balaban J connectivity index is 0.00000110. The molecule has 7 nitrogen and oxygen atoms in total. The minimum absolute atomic E-state index is 0.0911. The van der Waals surface area contributed by atoms with E-state index in [0.717, 1.165) is 36.3 Å². The van der Waals surface area contributed by atoms with Crippen LogP contribution < -0.4 is 26.8 Å². The smallest absolute Gasteiger partial charge is 0.240 e. The molecule has 8 heteroatoms. The number of para-hydroxylation sites is 1. The van der Waals surface area contributed by atoms with Crippen molar-refractivity contribution in [3.8, 4) is 0 Å². The Morgan fingerprint density at radius 1 is 1.03 bits per heavy atom. The first-order valence-corrected chi connectivity index (χ1v) is 12.3. The van der Waals surface area contributed by atoms with Crippen LogP contribution in [0.3, 0.4) is 0 Å². The quantitative estimate of drug-likeness (QED) is 0.347. The lowest BCUT2D eigenvalue weighted by atomic mass is 10.1. The van der Waals surface area contributed by atoms with Gasteiger partial charge in [0, 0.05) is 24.8 Å². The Hall–Kier alpha value is -2.13. The molecule has 2 aromatic rings. The van der Waals surface area contributed by atoms with Gasteiger partial charge in [0.2, 0.25) is 10.0 Å². The van der Waals surface area contributed by atoms with E-state index in [2.05, 4.69) is 22.9 Å². The molecular weight excluding hydrogens is 410 g/mol. The third kappa shape index (κ3) is 10.6. The molecule has 0 aliphatic rings. The molecule has 7 N–H and O–H groups in total. The highest BCUT2D eigenvalue weighted by Crippen LogP contribution is 2.34. The fourth-order valence-electron chi connectivity index (χ4n) is 2.65. The first-order chi connectivity index (χ1) is 14.5. The van der Waals surface area contributed by atoms with Gasteiger partial charge < -0.3 is 21.7 Å². The van der Waals surface area contributed by atoms with Crippen LogP contribution in [0, 0.1) is 0 Å². The summed E-state index contributed by atoms with van der Waals surface area (Å²) in [5.41, 5.74) is 7.99.